The minimum atomic E-state index is -0.841. The van der Waals surface area contributed by atoms with Crippen LogP contribution in [0.15, 0.2) is 48.5 Å². The van der Waals surface area contributed by atoms with E-state index in [0.29, 0.717) is 13.0 Å². The van der Waals surface area contributed by atoms with Gasteiger partial charge in [0.2, 0.25) is 0 Å². The summed E-state index contributed by atoms with van der Waals surface area (Å²) in [5.74, 6) is -0.0105. The first-order valence-corrected chi connectivity index (χ1v) is 10.7. The average Bonchev–Trinajstić information content (AvgIpc) is 2.67. The molecule has 0 spiro atoms. The number of hydrogen-bond donors (Lipinski definition) is 0. The van der Waals surface area contributed by atoms with Crippen LogP contribution in [-0.4, -0.2) is 64.3 Å². The summed E-state index contributed by atoms with van der Waals surface area (Å²) in [7, 11) is 5.79. The Morgan fingerprint density at radius 2 is 1.89 bits per heavy atom. The quantitative estimate of drug-likeness (QED) is 0.515. The summed E-state index contributed by atoms with van der Waals surface area (Å²) in [4.78, 5) is 30.9. The van der Waals surface area contributed by atoms with Crippen molar-refractivity contribution < 1.29 is 9.59 Å². The molecule has 3 rings (SSSR count). The molecule has 2 aromatic carbocycles. The van der Waals surface area contributed by atoms with Crippen LogP contribution in [0.25, 0.3) is 0 Å². The molecule has 1 unspecified atom stereocenters. The number of likely N-dealkylation sites (N-methyl/N-ethyl adjacent to an activating group) is 2. The van der Waals surface area contributed by atoms with E-state index in [-0.39, 0.29) is 20.9 Å². The second-order valence-electron chi connectivity index (χ2n) is 6.84. The van der Waals surface area contributed by atoms with Crippen LogP contribution in [0.3, 0.4) is 0 Å². The van der Waals surface area contributed by atoms with Crippen LogP contribution in [-0.2, 0) is 16.0 Å². The fourth-order valence-corrected chi connectivity index (χ4v) is 6.45. The van der Waals surface area contributed by atoms with Crippen LogP contribution in [0.4, 0.5) is 11.4 Å². The Bertz CT molecular complexity index is 841. The molecule has 2 aromatic rings. The van der Waals surface area contributed by atoms with Crippen LogP contribution < -0.4 is 14.3 Å². The van der Waals surface area contributed by atoms with E-state index in [0.717, 1.165) is 27.8 Å². The van der Waals surface area contributed by atoms with Crippen LogP contribution >= 0.6 is 0 Å². The summed E-state index contributed by atoms with van der Waals surface area (Å²) in [6.07, 6.45) is 1.37. The third-order valence-electron chi connectivity index (χ3n) is 4.98. The van der Waals surface area contributed by atoms with E-state index in [1.54, 1.807) is 9.80 Å². The van der Waals surface area contributed by atoms with Crippen LogP contribution in [0.5, 0.6) is 0 Å². The number of carbonyl (C=O) groups excluding carboxylic acids is 2. The van der Waals surface area contributed by atoms with Crippen molar-refractivity contribution in [1.29, 1.82) is 0 Å². The molecule has 142 valence electrons. The summed E-state index contributed by atoms with van der Waals surface area (Å²) in [5.41, 5.74) is 3.07. The third kappa shape index (κ3) is 3.47. The fraction of sp³-hybridized carbons (Fsp3) is 0.333. The normalized spacial score (nSPS) is 18.8. The first-order chi connectivity index (χ1) is 12.9. The van der Waals surface area contributed by atoms with E-state index in [1.165, 1.54) is 0 Å². The predicted molar refractivity (Wildman–Crippen MR) is 111 cm³/mol. The predicted octanol–water partition coefficient (Wildman–Crippen LogP) is 1.48. The summed E-state index contributed by atoms with van der Waals surface area (Å²) in [6, 6.07) is 16.2. The number of amides is 2. The molecule has 1 aliphatic heterocycles. The zero-order valence-electron chi connectivity index (χ0n) is 16.2. The Morgan fingerprint density at radius 3 is 2.48 bits per heavy atom. The molecule has 0 saturated carbocycles. The van der Waals surface area contributed by atoms with Gasteiger partial charge in [0.1, 0.15) is 0 Å². The molecule has 0 aromatic heterocycles. The number of benzene rings is 2. The molecular weight excluding hydrogens is 405 g/mol. The van der Waals surface area contributed by atoms with Crippen LogP contribution in [0.1, 0.15) is 12.5 Å². The summed E-state index contributed by atoms with van der Waals surface area (Å²) >= 11 is -0.214. The molecule has 0 aliphatic carbocycles. The SMILES string of the molecule is CCN(C=O)C1([Se]c2ccccc2)Cc2ccc(N(C)C)cc2N(C)C1=O. The second-order valence-corrected chi connectivity index (χ2v) is 9.67. The first kappa shape index (κ1) is 19.5. The fourth-order valence-electron chi connectivity index (χ4n) is 3.46. The molecule has 2 amide bonds. The van der Waals surface area contributed by atoms with Crippen LogP contribution in [0, 0.1) is 0 Å². The summed E-state index contributed by atoms with van der Waals surface area (Å²) in [6.45, 7) is 2.43. The molecule has 0 N–H and O–H groups in total. The standard InChI is InChI=1S/C21H25N3O2Se/c1-5-24(15-25)21(27-18-9-7-6-8-10-18)14-16-11-12-17(22(2)3)13-19(16)23(4)20(21)26/h6-13,15H,5,14H2,1-4H3. The van der Waals surface area contributed by atoms with Crippen molar-refractivity contribution >= 4 is 43.1 Å². The Labute approximate surface area is 167 Å². The summed E-state index contributed by atoms with van der Waals surface area (Å²) in [5, 5.41) is 0. The zero-order chi connectivity index (χ0) is 19.6. The molecule has 0 saturated heterocycles. The number of carbonyl (C=O) groups is 2. The van der Waals surface area contributed by atoms with Crippen molar-refractivity contribution in [2.45, 2.75) is 17.8 Å². The molecule has 6 heteroatoms. The van der Waals surface area contributed by atoms with Gasteiger partial charge in [-0.2, -0.15) is 0 Å². The topological polar surface area (TPSA) is 43.9 Å². The van der Waals surface area contributed by atoms with Crippen molar-refractivity contribution in [2.24, 2.45) is 0 Å². The van der Waals surface area contributed by atoms with Gasteiger partial charge in [-0.25, -0.2) is 0 Å². The molecular formula is C21H25N3O2Se. The van der Waals surface area contributed by atoms with Gasteiger partial charge < -0.3 is 0 Å². The Balaban J connectivity index is 2.11. The van der Waals surface area contributed by atoms with E-state index in [1.807, 2.05) is 69.4 Å². The van der Waals surface area contributed by atoms with Gasteiger partial charge in [-0.15, -0.1) is 0 Å². The van der Waals surface area contributed by atoms with Crippen molar-refractivity contribution in [3.05, 3.63) is 54.1 Å². The molecule has 5 nitrogen and oxygen atoms in total. The van der Waals surface area contributed by atoms with E-state index in [9.17, 15) is 9.59 Å². The molecule has 1 aliphatic rings. The maximum atomic E-state index is 13.6. The van der Waals surface area contributed by atoms with Gasteiger partial charge in [0.25, 0.3) is 0 Å². The van der Waals surface area contributed by atoms with Gasteiger partial charge >= 0.3 is 167 Å². The van der Waals surface area contributed by atoms with Crippen LogP contribution in [0.2, 0.25) is 0 Å². The van der Waals surface area contributed by atoms with E-state index in [4.69, 9.17) is 0 Å². The van der Waals surface area contributed by atoms with Gasteiger partial charge in [-0.3, -0.25) is 0 Å². The zero-order valence-corrected chi connectivity index (χ0v) is 17.9. The molecule has 0 bridgehead atoms. The van der Waals surface area contributed by atoms with Gasteiger partial charge in [-0.1, -0.05) is 0 Å². The second kappa shape index (κ2) is 7.75. The van der Waals surface area contributed by atoms with Gasteiger partial charge in [0, 0.05) is 0 Å². The van der Waals surface area contributed by atoms with Gasteiger partial charge in [0.05, 0.1) is 0 Å². The number of anilines is 2. The Hall–Kier alpha value is -2.30. The van der Waals surface area contributed by atoms with Crippen molar-refractivity contribution in [3.8, 4) is 0 Å². The van der Waals surface area contributed by atoms with E-state index >= 15 is 0 Å². The molecule has 1 heterocycles. The Morgan fingerprint density at radius 1 is 1.19 bits per heavy atom. The number of nitrogens with zero attached hydrogens (tertiary/aromatic N) is 3. The van der Waals surface area contributed by atoms with Gasteiger partial charge in [0.15, 0.2) is 0 Å². The number of hydrogen-bond acceptors (Lipinski definition) is 3. The van der Waals surface area contributed by atoms with Crippen molar-refractivity contribution in [1.82, 2.24) is 4.90 Å². The first-order valence-electron chi connectivity index (χ1n) is 8.97. The van der Waals surface area contributed by atoms with Crippen molar-refractivity contribution in [3.63, 3.8) is 0 Å². The van der Waals surface area contributed by atoms with E-state index in [2.05, 4.69) is 12.1 Å². The average molecular weight is 430 g/mol. The van der Waals surface area contributed by atoms with E-state index < -0.39 is 4.44 Å². The van der Waals surface area contributed by atoms with Gasteiger partial charge in [-0.05, 0) is 0 Å². The monoisotopic (exact) mass is 431 g/mol. The summed E-state index contributed by atoms with van der Waals surface area (Å²) < 4.78 is 0.270. The maximum absolute atomic E-state index is 13.6. The molecule has 0 fully saturated rings. The number of fused-ring (bicyclic) bond motifs is 1. The Kier molecular flexibility index (Phi) is 5.58. The third-order valence-corrected chi connectivity index (χ3v) is 7.91. The van der Waals surface area contributed by atoms with Crippen molar-refractivity contribution in [2.75, 3.05) is 37.5 Å². The minimum absolute atomic E-state index is 0.0105. The molecule has 27 heavy (non-hydrogen) atoms. The molecule has 0 radical (unpaired) electrons. The molecule has 1 atom stereocenters. The number of rotatable bonds is 6.